The SMILES string of the molecule is O=C(O)c1cc(Nc2ccccc2Br)c[nH]1. The summed E-state index contributed by atoms with van der Waals surface area (Å²) in [4.78, 5) is 13.3. The van der Waals surface area contributed by atoms with Gasteiger partial charge in [0.25, 0.3) is 0 Å². The van der Waals surface area contributed by atoms with E-state index in [1.165, 1.54) is 0 Å². The molecule has 0 saturated carbocycles. The summed E-state index contributed by atoms with van der Waals surface area (Å²) in [5.41, 5.74) is 1.76. The summed E-state index contributed by atoms with van der Waals surface area (Å²) in [5.74, 6) is -0.972. The third-order valence-corrected chi connectivity index (χ3v) is 2.76. The summed E-state index contributed by atoms with van der Waals surface area (Å²) < 4.78 is 0.924. The minimum absolute atomic E-state index is 0.162. The first kappa shape index (κ1) is 10.8. The van der Waals surface area contributed by atoms with E-state index in [0.29, 0.717) is 5.69 Å². The molecule has 2 aromatic rings. The fourth-order valence-corrected chi connectivity index (χ4v) is 1.69. The molecule has 1 aromatic heterocycles. The van der Waals surface area contributed by atoms with E-state index in [0.717, 1.165) is 10.2 Å². The van der Waals surface area contributed by atoms with Crippen LogP contribution < -0.4 is 5.32 Å². The van der Waals surface area contributed by atoms with Crippen LogP contribution in [0.2, 0.25) is 0 Å². The molecule has 5 heteroatoms. The van der Waals surface area contributed by atoms with Gasteiger partial charge < -0.3 is 15.4 Å². The molecule has 1 aromatic carbocycles. The summed E-state index contributed by atoms with van der Waals surface area (Å²) >= 11 is 3.40. The first-order chi connectivity index (χ1) is 7.66. The van der Waals surface area contributed by atoms with Crippen LogP contribution in [0.25, 0.3) is 0 Å². The number of para-hydroxylation sites is 1. The molecular weight excluding hydrogens is 272 g/mol. The smallest absolute Gasteiger partial charge is 0.352 e. The highest BCUT2D eigenvalue weighted by Crippen LogP contribution is 2.25. The molecule has 1 heterocycles. The number of halogens is 1. The molecule has 0 radical (unpaired) electrons. The zero-order valence-electron chi connectivity index (χ0n) is 8.20. The number of anilines is 2. The minimum Gasteiger partial charge on any atom is -0.477 e. The van der Waals surface area contributed by atoms with Crippen molar-refractivity contribution in [3.8, 4) is 0 Å². The summed E-state index contributed by atoms with van der Waals surface area (Å²) in [6, 6.07) is 9.17. The lowest BCUT2D eigenvalue weighted by Gasteiger charge is -2.05. The van der Waals surface area contributed by atoms with Gasteiger partial charge in [0.1, 0.15) is 5.69 Å². The van der Waals surface area contributed by atoms with Crippen LogP contribution in [0.15, 0.2) is 41.0 Å². The van der Waals surface area contributed by atoms with Gasteiger partial charge in [0.05, 0.1) is 11.4 Å². The van der Waals surface area contributed by atoms with Gasteiger partial charge >= 0.3 is 5.97 Å². The number of aromatic amines is 1. The molecule has 0 aliphatic carbocycles. The number of carboxylic acids is 1. The van der Waals surface area contributed by atoms with Crippen LogP contribution in [0.1, 0.15) is 10.5 Å². The molecule has 0 aliphatic heterocycles. The topological polar surface area (TPSA) is 65.1 Å². The van der Waals surface area contributed by atoms with Crippen LogP contribution in [0.4, 0.5) is 11.4 Å². The molecule has 0 spiro atoms. The molecule has 0 aliphatic rings. The number of carbonyl (C=O) groups is 1. The van der Waals surface area contributed by atoms with Gasteiger partial charge in [0, 0.05) is 10.7 Å². The van der Waals surface area contributed by atoms with Crippen LogP contribution in [-0.4, -0.2) is 16.1 Å². The van der Waals surface area contributed by atoms with E-state index in [9.17, 15) is 4.79 Å². The highest BCUT2D eigenvalue weighted by atomic mass is 79.9. The average molecular weight is 281 g/mol. The summed E-state index contributed by atoms with van der Waals surface area (Å²) in [7, 11) is 0. The lowest BCUT2D eigenvalue weighted by molar-refractivity contribution is 0.0691. The van der Waals surface area contributed by atoms with Crippen molar-refractivity contribution in [3.05, 3.63) is 46.7 Å². The van der Waals surface area contributed by atoms with E-state index in [4.69, 9.17) is 5.11 Å². The van der Waals surface area contributed by atoms with E-state index in [1.807, 2.05) is 24.3 Å². The third kappa shape index (κ3) is 2.25. The van der Waals surface area contributed by atoms with Crippen molar-refractivity contribution in [1.82, 2.24) is 4.98 Å². The summed E-state index contributed by atoms with van der Waals surface area (Å²) in [6.07, 6.45) is 1.61. The highest BCUT2D eigenvalue weighted by molar-refractivity contribution is 9.10. The number of hydrogen-bond acceptors (Lipinski definition) is 2. The van der Waals surface area contributed by atoms with Gasteiger partial charge in [0.15, 0.2) is 0 Å². The molecule has 16 heavy (non-hydrogen) atoms. The van der Waals surface area contributed by atoms with Gasteiger partial charge in [-0.25, -0.2) is 4.79 Å². The normalized spacial score (nSPS) is 10.1. The maximum absolute atomic E-state index is 10.7. The quantitative estimate of drug-likeness (QED) is 0.809. The molecule has 0 amide bonds. The van der Waals surface area contributed by atoms with Gasteiger partial charge in [-0.2, -0.15) is 0 Å². The van der Waals surface area contributed by atoms with Gasteiger partial charge in [-0.3, -0.25) is 0 Å². The Labute approximate surface area is 100 Å². The molecule has 82 valence electrons. The molecule has 0 fully saturated rings. The van der Waals surface area contributed by atoms with Crippen molar-refractivity contribution >= 4 is 33.3 Å². The molecule has 0 atom stereocenters. The molecule has 3 N–H and O–H groups in total. The number of rotatable bonds is 3. The lowest BCUT2D eigenvalue weighted by atomic mass is 10.3. The van der Waals surface area contributed by atoms with E-state index < -0.39 is 5.97 Å². The van der Waals surface area contributed by atoms with E-state index >= 15 is 0 Å². The molecule has 0 saturated heterocycles. The third-order valence-electron chi connectivity index (χ3n) is 2.07. The Kier molecular flexibility index (Phi) is 2.96. The number of H-pyrrole nitrogens is 1. The first-order valence-corrected chi connectivity index (χ1v) is 5.39. The predicted molar refractivity (Wildman–Crippen MR) is 65.2 cm³/mol. The van der Waals surface area contributed by atoms with Gasteiger partial charge in [-0.1, -0.05) is 12.1 Å². The molecule has 2 rings (SSSR count). The summed E-state index contributed by atoms with van der Waals surface area (Å²) in [6.45, 7) is 0. The lowest BCUT2D eigenvalue weighted by Crippen LogP contribution is -1.94. The monoisotopic (exact) mass is 280 g/mol. The Morgan fingerprint density at radius 1 is 1.38 bits per heavy atom. The zero-order chi connectivity index (χ0) is 11.5. The number of carboxylic acid groups (broad SMARTS) is 1. The number of aromatic nitrogens is 1. The molecule has 0 bridgehead atoms. The molecule has 0 unspecified atom stereocenters. The Bertz CT molecular complexity index is 522. The number of nitrogens with one attached hydrogen (secondary N) is 2. The van der Waals surface area contributed by atoms with Crippen LogP contribution in [-0.2, 0) is 0 Å². The maximum Gasteiger partial charge on any atom is 0.352 e. The Balaban J connectivity index is 2.21. The van der Waals surface area contributed by atoms with E-state index in [2.05, 4.69) is 26.2 Å². The standard InChI is InChI=1S/C11H9BrN2O2/c12-8-3-1-2-4-9(8)14-7-5-10(11(15)16)13-6-7/h1-6,13-14H,(H,15,16). The minimum atomic E-state index is -0.972. The van der Waals surface area contributed by atoms with Crippen molar-refractivity contribution < 1.29 is 9.90 Å². The number of hydrogen-bond donors (Lipinski definition) is 3. The predicted octanol–water partition coefficient (Wildman–Crippen LogP) is 3.22. The zero-order valence-corrected chi connectivity index (χ0v) is 9.78. The summed E-state index contributed by atoms with van der Waals surface area (Å²) in [5, 5.41) is 11.9. The highest BCUT2D eigenvalue weighted by Gasteiger charge is 2.06. The largest absolute Gasteiger partial charge is 0.477 e. The van der Waals surface area contributed by atoms with Crippen LogP contribution in [0.3, 0.4) is 0 Å². The number of aromatic carboxylic acids is 1. The van der Waals surface area contributed by atoms with Gasteiger partial charge in [0.2, 0.25) is 0 Å². The van der Waals surface area contributed by atoms with Crippen LogP contribution in [0, 0.1) is 0 Å². The van der Waals surface area contributed by atoms with Crippen molar-refractivity contribution in [2.24, 2.45) is 0 Å². The Morgan fingerprint density at radius 2 is 2.12 bits per heavy atom. The number of benzene rings is 1. The maximum atomic E-state index is 10.7. The van der Waals surface area contributed by atoms with E-state index in [1.54, 1.807) is 12.3 Å². The van der Waals surface area contributed by atoms with Crippen LogP contribution in [0.5, 0.6) is 0 Å². The van der Waals surface area contributed by atoms with Crippen molar-refractivity contribution in [3.63, 3.8) is 0 Å². The first-order valence-electron chi connectivity index (χ1n) is 4.60. The Morgan fingerprint density at radius 3 is 2.75 bits per heavy atom. The van der Waals surface area contributed by atoms with E-state index in [-0.39, 0.29) is 5.69 Å². The van der Waals surface area contributed by atoms with Crippen molar-refractivity contribution in [1.29, 1.82) is 0 Å². The van der Waals surface area contributed by atoms with Gasteiger partial charge in [-0.15, -0.1) is 0 Å². The molecular formula is C11H9BrN2O2. The van der Waals surface area contributed by atoms with Crippen molar-refractivity contribution in [2.45, 2.75) is 0 Å². The second kappa shape index (κ2) is 4.40. The molecule has 4 nitrogen and oxygen atoms in total. The van der Waals surface area contributed by atoms with Crippen molar-refractivity contribution in [2.75, 3.05) is 5.32 Å². The Hall–Kier alpha value is -1.75. The average Bonchev–Trinajstić information content (AvgIpc) is 2.70. The fourth-order valence-electron chi connectivity index (χ4n) is 1.31. The van der Waals surface area contributed by atoms with Gasteiger partial charge in [-0.05, 0) is 34.1 Å². The van der Waals surface area contributed by atoms with Crippen LogP contribution >= 0.6 is 15.9 Å². The fraction of sp³-hybridized carbons (Fsp3) is 0. The second-order valence-corrected chi connectivity index (χ2v) is 4.07. The second-order valence-electron chi connectivity index (χ2n) is 3.21.